The van der Waals surface area contributed by atoms with Crippen LogP contribution in [0, 0.1) is 13.8 Å². The van der Waals surface area contributed by atoms with Crippen molar-refractivity contribution in [2.24, 2.45) is 0 Å². The van der Waals surface area contributed by atoms with E-state index in [1.165, 1.54) is 0 Å². The van der Waals surface area contributed by atoms with Crippen molar-refractivity contribution in [3.63, 3.8) is 0 Å². The maximum absolute atomic E-state index is 12.0. The molecule has 0 atom stereocenters. The number of pyridine rings is 1. The number of hydrogen-bond acceptors (Lipinski definition) is 2. The van der Waals surface area contributed by atoms with Crippen LogP contribution in [0.4, 0.5) is 5.69 Å². The summed E-state index contributed by atoms with van der Waals surface area (Å²) in [5, 5.41) is 3.44. The second kappa shape index (κ2) is 5.19. The summed E-state index contributed by atoms with van der Waals surface area (Å²) >= 11 is 5.91. The summed E-state index contributed by atoms with van der Waals surface area (Å²) in [6.07, 6.45) is 1.62. The topological polar surface area (TPSA) is 42.0 Å². The number of benzene rings is 1. The van der Waals surface area contributed by atoms with E-state index in [4.69, 9.17) is 11.6 Å². The minimum atomic E-state index is -0.161. The largest absolute Gasteiger partial charge is 0.322 e. The van der Waals surface area contributed by atoms with Crippen molar-refractivity contribution in [3.05, 3.63) is 58.4 Å². The van der Waals surface area contributed by atoms with E-state index < -0.39 is 0 Å². The number of aromatic nitrogens is 1. The fraction of sp³-hybridized carbons (Fsp3) is 0.143. The van der Waals surface area contributed by atoms with Gasteiger partial charge in [0.1, 0.15) is 0 Å². The van der Waals surface area contributed by atoms with Gasteiger partial charge in [0.2, 0.25) is 0 Å². The Kier molecular flexibility index (Phi) is 3.63. The van der Waals surface area contributed by atoms with Crippen LogP contribution in [0.5, 0.6) is 0 Å². The van der Waals surface area contributed by atoms with Crippen LogP contribution < -0.4 is 5.32 Å². The first-order valence-electron chi connectivity index (χ1n) is 5.56. The Bertz CT molecular complexity index is 596. The minimum Gasteiger partial charge on any atom is -0.322 e. The fourth-order valence-electron chi connectivity index (χ4n) is 1.61. The summed E-state index contributed by atoms with van der Waals surface area (Å²) in [5.41, 5.74) is 3.09. The molecule has 92 valence electrons. The molecule has 0 spiro atoms. The molecule has 0 aliphatic heterocycles. The number of carbonyl (C=O) groups excluding carboxylic acids is 1. The van der Waals surface area contributed by atoms with Gasteiger partial charge < -0.3 is 5.32 Å². The molecule has 0 fully saturated rings. The van der Waals surface area contributed by atoms with E-state index >= 15 is 0 Å². The highest BCUT2D eigenvalue weighted by atomic mass is 35.5. The van der Waals surface area contributed by atoms with Gasteiger partial charge in [-0.05, 0) is 43.7 Å². The van der Waals surface area contributed by atoms with Crippen LogP contribution in [-0.2, 0) is 0 Å². The molecule has 0 unspecified atom stereocenters. The molecule has 0 saturated heterocycles. The quantitative estimate of drug-likeness (QED) is 0.896. The molecule has 1 aromatic heterocycles. The molecule has 1 N–H and O–H groups in total. The molecule has 0 saturated carbocycles. The molecule has 0 bridgehead atoms. The summed E-state index contributed by atoms with van der Waals surface area (Å²) in [7, 11) is 0. The van der Waals surface area contributed by atoms with E-state index in [2.05, 4.69) is 10.3 Å². The van der Waals surface area contributed by atoms with Gasteiger partial charge in [0.25, 0.3) is 5.91 Å². The lowest BCUT2D eigenvalue weighted by Gasteiger charge is -2.09. The van der Waals surface area contributed by atoms with Gasteiger partial charge in [0.05, 0.1) is 0 Å². The highest BCUT2D eigenvalue weighted by molar-refractivity contribution is 6.31. The zero-order valence-corrected chi connectivity index (χ0v) is 11.0. The third kappa shape index (κ3) is 2.87. The Morgan fingerprint density at radius 2 is 2.00 bits per heavy atom. The van der Waals surface area contributed by atoms with Crippen LogP contribution in [-0.4, -0.2) is 10.9 Å². The van der Waals surface area contributed by atoms with Crippen LogP contribution in [0.2, 0.25) is 5.02 Å². The van der Waals surface area contributed by atoms with Gasteiger partial charge in [-0.15, -0.1) is 0 Å². The van der Waals surface area contributed by atoms with Crippen molar-refractivity contribution in [2.45, 2.75) is 13.8 Å². The number of halogens is 1. The molecule has 2 aromatic rings. The van der Waals surface area contributed by atoms with Crippen molar-refractivity contribution in [2.75, 3.05) is 5.32 Å². The van der Waals surface area contributed by atoms with Crippen LogP contribution in [0.3, 0.4) is 0 Å². The lowest BCUT2D eigenvalue weighted by Crippen LogP contribution is -2.13. The van der Waals surface area contributed by atoms with E-state index in [0.29, 0.717) is 10.6 Å². The Morgan fingerprint density at radius 1 is 1.22 bits per heavy atom. The van der Waals surface area contributed by atoms with Crippen LogP contribution in [0.15, 0.2) is 36.5 Å². The summed E-state index contributed by atoms with van der Waals surface area (Å²) in [4.78, 5) is 16.1. The number of nitrogens with zero attached hydrogens (tertiary/aromatic N) is 1. The first-order chi connectivity index (χ1) is 8.56. The zero-order valence-electron chi connectivity index (χ0n) is 10.2. The second-order valence-corrected chi connectivity index (χ2v) is 4.54. The first-order valence-corrected chi connectivity index (χ1v) is 5.94. The first kappa shape index (κ1) is 12.6. The molecule has 0 radical (unpaired) electrons. The van der Waals surface area contributed by atoms with Crippen molar-refractivity contribution < 1.29 is 4.79 Å². The molecular weight excluding hydrogens is 248 g/mol. The number of aryl methyl sites for hydroxylation is 2. The molecule has 1 amide bonds. The van der Waals surface area contributed by atoms with Crippen LogP contribution in [0.1, 0.15) is 21.6 Å². The Balaban J connectivity index is 2.24. The van der Waals surface area contributed by atoms with Gasteiger partial charge >= 0.3 is 0 Å². The fourth-order valence-corrected chi connectivity index (χ4v) is 1.78. The van der Waals surface area contributed by atoms with E-state index in [-0.39, 0.29) is 5.91 Å². The van der Waals surface area contributed by atoms with Crippen molar-refractivity contribution >= 4 is 23.2 Å². The van der Waals surface area contributed by atoms with Crippen molar-refractivity contribution in [1.82, 2.24) is 4.98 Å². The van der Waals surface area contributed by atoms with E-state index in [9.17, 15) is 4.79 Å². The van der Waals surface area contributed by atoms with Gasteiger partial charge in [-0.2, -0.15) is 0 Å². The highest BCUT2D eigenvalue weighted by Crippen LogP contribution is 2.20. The molecule has 2 rings (SSSR count). The Hall–Kier alpha value is -1.87. The van der Waals surface area contributed by atoms with Crippen LogP contribution in [0.25, 0.3) is 0 Å². The smallest absolute Gasteiger partial charge is 0.255 e. The lowest BCUT2D eigenvalue weighted by atomic mass is 10.1. The highest BCUT2D eigenvalue weighted by Gasteiger charge is 2.08. The van der Waals surface area contributed by atoms with Gasteiger partial charge in [-0.1, -0.05) is 17.7 Å². The maximum atomic E-state index is 12.0. The summed E-state index contributed by atoms with van der Waals surface area (Å²) in [6.45, 7) is 3.77. The molecular formula is C14H13ClN2O. The lowest BCUT2D eigenvalue weighted by molar-refractivity contribution is 0.102. The monoisotopic (exact) mass is 260 g/mol. The SMILES string of the molecule is Cc1cc(C(=O)Nc2cc(Cl)ccc2C)ccn1. The third-order valence-corrected chi connectivity index (χ3v) is 2.84. The van der Waals surface area contributed by atoms with E-state index in [0.717, 1.165) is 16.9 Å². The molecule has 18 heavy (non-hydrogen) atoms. The number of carbonyl (C=O) groups is 1. The van der Waals surface area contributed by atoms with Gasteiger partial charge in [-0.25, -0.2) is 0 Å². The number of nitrogens with one attached hydrogen (secondary N) is 1. The normalized spacial score (nSPS) is 10.2. The molecule has 1 heterocycles. The number of anilines is 1. The summed E-state index contributed by atoms with van der Waals surface area (Å²) < 4.78 is 0. The van der Waals surface area contributed by atoms with Crippen molar-refractivity contribution in [1.29, 1.82) is 0 Å². The molecule has 3 nitrogen and oxygen atoms in total. The number of rotatable bonds is 2. The molecule has 0 aliphatic rings. The average Bonchev–Trinajstić information content (AvgIpc) is 2.34. The molecule has 1 aromatic carbocycles. The van der Waals surface area contributed by atoms with Crippen LogP contribution >= 0.6 is 11.6 Å². The van der Waals surface area contributed by atoms with Gasteiger partial charge in [0.15, 0.2) is 0 Å². The standard InChI is InChI=1S/C14H13ClN2O/c1-9-3-4-12(15)8-13(9)17-14(18)11-5-6-16-10(2)7-11/h3-8H,1-2H3,(H,17,18). The van der Waals surface area contributed by atoms with E-state index in [1.807, 2.05) is 19.9 Å². The molecule has 4 heteroatoms. The summed E-state index contributed by atoms with van der Waals surface area (Å²) in [6, 6.07) is 8.83. The summed E-state index contributed by atoms with van der Waals surface area (Å²) in [5.74, 6) is -0.161. The minimum absolute atomic E-state index is 0.161. The maximum Gasteiger partial charge on any atom is 0.255 e. The number of amides is 1. The van der Waals surface area contributed by atoms with E-state index in [1.54, 1.807) is 30.5 Å². The van der Waals surface area contributed by atoms with Gasteiger partial charge in [0, 0.05) is 28.2 Å². The van der Waals surface area contributed by atoms with Gasteiger partial charge in [-0.3, -0.25) is 9.78 Å². The Labute approximate surface area is 111 Å². The third-order valence-electron chi connectivity index (χ3n) is 2.61. The zero-order chi connectivity index (χ0) is 13.1. The number of hydrogen-bond donors (Lipinski definition) is 1. The average molecular weight is 261 g/mol. The molecule has 0 aliphatic carbocycles. The Morgan fingerprint density at radius 3 is 2.72 bits per heavy atom. The second-order valence-electron chi connectivity index (χ2n) is 4.10. The predicted molar refractivity (Wildman–Crippen MR) is 73.1 cm³/mol. The predicted octanol–water partition coefficient (Wildman–Crippen LogP) is 3.60. The van der Waals surface area contributed by atoms with Crippen molar-refractivity contribution in [3.8, 4) is 0 Å².